The first-order valence-corrected chi connectivity index (χ1v) is 13.9. The Morgan fingerprint density at radius 2 is 2.10 bits per heavy atom. The number of likely N-dealkylation sites (N-methyl/N-ethyl adjacent to an activating group) is 1. The van der Waals surface area contributed by atoms with Crippen LogP contribution in [0.2, 0.25) is 5.02 Å². The minimum atomic E-state index is -0.312. The van der Waals surface area contributed by atoms with E-state index >= 15 is 0 Å². The average molecular weight is 546 g/mol. The first-order valence-electron chi connectivity index (χ1n) is 13.5. The molecule has 0 radical (unpaired) electrons. The zero-order chi connectivity index (χ0) is 27.1. The van der Waals surface area contributed by atoms with Crippen molar-refractivity contribution in [2.24, 2.45) is 5.92 Å². The standard InChI is InChI=1S/C29H32ClN7O2/c1-18-4-3-5-22-23(15-31-27(18)22)28-24(30)16-32-29(34-28)33-20-8-9-25(26(14-20)37(38)39)36-13-11-21(17-36)35(2)12-10-19-6-7-19/h3-5,8-9,14-16,19,21,31H,6-7,10-13,17H2,1-2H3,(H,32,33,34)/t21-/m1/s1. The lowest BCUT2D eigenvalue weighted by molar-refractivity contribution is -0.384. The van der Waals surface area contributed by atoms with Crippen LogP contribution >= 0.6 is 11.6 Å². The second-order valence-corrected chi connectivity index (χ2v) is 11.2. The van der Waals surface area contributed by atoms with E-state index in [0.717, 1.165) is 54.0 Å². The second kappa shape index (κ2) is 10.5. The molecule has 2 N–H and O–H groups in total. The van der Waals surface area contributed by atoms with Crippen LogP contribution in [-0.4, -0.2) is 57.5 Å². The number of H-pyrrole nitrogens is 1. The van der Waals surface area contributed by atoms with Crippen molar-refractivity contribution < 1.29 is 4.92 Å². The highest BCUT2D eigenvalue weighted by Gasteiger charge is 2.31. The van der Waals surface area contributed by atoms with E-state index in [0.29, 0.717) is 34.1 Å². The number of fused-ring (bicyclic) bond motifs is 1. The molecule has 2 aromatic carbocycles. The zero-order valence-electron chi connectivity index (χ0n) is 22.2. The maximum atomic E-state index is 12.1. The van der Waals surface area contributed by atoms with Gasteiger partial charge < -0.3 is 20.1 Å². The van der Waals surface area contributed by atoms with Crippen molar-refractivity contribution in [2.75, 3.05) is 36.9 Å². The van der Waals surface area contributed by atoms with Gasteiger partial charge in [0.15, 0.2) is 0 Å². The summed E-state index contributed by atoms with van der Waals surface area (Å²) in [4.78, 5) is 28.6. The van der Waals surface area contributed by atoms with Crippen LogP contribution in [-0.2, 0) is 0 Å². The number of aromatic amines is 1. The predicted octanol–water partition coefficient (Wildman–Crippen LogP) is 6.55. The Kier molecular flexibility index (Phi) is 6.86. The summed E-state index contributed by atoms with van der Waals surface area (Å²) in [5.74, 6) is 1.22. The quantitative estimate of drug-likeness (QED) is 0.181. The summed E-state index contributed by atoms with van der Waals surface area (Å²) in [5, 5.41) is 16.7. The fourth-order valence-electron chi connectivity index (χ4n) is 5.56. The normalized spacial score (nSPS) is 17.3. The molecule has 2 aromatic heterocycles. The molecule has 0 bridgehead atoms. The smallest absolute Gasteiger partial charge is 0.294 e. The number of nitrogens with one attached hydrogen (secondary N) is 2. The number of nitro groups is 1. The molecule has 0 spiro atoms. The summed E-state index contributed by atoms with van der Waals surface area (Å²) >= 11 is 6.50. The number of halogens is 1. The minimum absolute atomic E-state index is 0.0718. The zero-order valence-corrected chi connectivity index (χ0v) is 22.9. The largest absolute Gasteiger partial charge is 0.364 e. The van der Waals surface area contributed by atoms with Gasteiger partial charge in [0.1, 0.15) is 5.69 Å². The summed E-state index contributed by atoms with van der Waals surface area (Å²) in [6.07, 6.45) is 8.43. The Hall–Kier alpha value is -3.69. The molecule has 1 aliphatic carbocycles. The molecular weight excluding hydrogens is 514 g/mol. The van der Waals surface area contributed by atoms with Crippen LogP contribution in [0.4, 0.5) is 23.0 Å². The Labute approximate surface area is 232 Å². The van der Waals surface area contributed by atoms with E-state index in [2.05, 4.69) is 37.1 Å². The van der Waals surface area contributed by atoms with Crippen LogP contribution in [0.1, 0.15) is 31.2 Å². The molecule has 1 saturated carbocycles. The molecule has 9 nitrogen and oxygen atoms in total. The first-order chi connectivity index (χ1) is 18.9. The number of benzene rings is 2. The van der Waals surface area contributed by atoms with Gasteiger partial charge in [0.2, 0.25) is 5.95 Å². The lowest BCUT2D eigenvalue weighted by Gasteiger charge is -2.25. The lowest BCUT2D eigenvalue weighted by Crippen LogP contribution is -2.35. The van der Waals surface area contributed by atoms with Gasteiger partial charge in [0.05, 0.1) is 21.8 Å². The highest BCUT2D eigenvalue weighted by Crippen LogP contribution is 2.37. The first kappa shape index (κ1) is 25.6. The summed E-state index contributed by atoms with van der Waals surface area (Å²) in [6, 6.07) is 11.7. The van der Waals surface area contributed by atoms with E-state index < -0.39 is 0 Å². The number of para-hydroxylation sites is 1. The summed E-state index contributed by atoms with van der Waals surface area (Å²) < 4.78 is 0. The number of anilines is 3. The SMILES string of the molecule is Cc1cccc2c(-c3nc(Nc4ccc(N5CC[C@@H](N(C)CCC6CC6)C5)c([N+](=O)[O-])c4)ncc3Cl)c[nH]c12. The van der Waals surface area contributed by atoms with Gasteiger partial charge in [-0.25, -0.2) is 9.97 Å². The average Bonchev–Trinajstić information content (AvgIpc) is 3.44. The number of nitrogens with zero attached hydrogens (tertiary/aromatic N) is 5. The van der Waals surface area contributed by atoms with Crippen molar-refractivity contribution in [3.63, 3.8) is 0 Å². The third-order valence-corrected chi connectivity index (χ3v) is 8.34. The van der Waals surface area contributed by atoms with E-state index in [1.54, 1.807) is 12.3 Å². The predicted molar refractivity (Wildman–Crippen MR) is 156 cm³/mol. The molecule has 2 fully saturated rings. The molecule has 0 unspecified atom stereocenters. The van der Waals surface area contributed by atoms with Crippen LogP contribution in [0, 0.1) is 23.0 Å². The number of nitro benzene ring substituents is 1. The Balaban J connectivity index is 1.22. The maximum Gasteiger partial charge on any atom is 0.294 e. The van der Waals surface area contributed by atoms with E-state index in [1.807, 2.05) is 43.5 Å². The highest BCUT2D eigenvalue weighted by molar-refractivity contribution is 6.33. The van der Waals surface area contributed by atoms with Gasteiger partial charge in [-0.3, -0.25) is 10.1 Å². The monoisotopic (exact) mass is 545 g/mol. The summed E-state index contributed by atoms with van der Waals surface area (Å²) in [5.41, 5.74) is 4.89. The lowest BCUT2D eigenvalue weighted by atomic mass is 10.1. The third-order valence-electron chi connectivity index (χ3n) is 8.07. The topological polar surface area (TPSA) is 103 Å². The highest BCUT2D eigenvalue weighted by atomic mass is 35.5. The number of rotatable bonds is 9. The van der Waals surface area contributed by atoms with Crippen molar-refractivity contribution in [1.82, 2.24) is 19.9 Å². The summed E-state index contributed by atoms with van der Waals surface area (Å²) in [7, 11) is 2.18. The maximum absolute atomic E-state index is 12.1. The van der Waals surface area contributed by atoms with Crippen LogP contribution in [0.5, 0.6) is 0 Å². The van der Waals surface area contributed by atoms with Gasteiger partial charge in [0.25, 0.3) is 5.69 Å². The Morgan fingerprint density at radius 3 is 2.90 bits per heavy atom. The number of aromatic nitrogens is 3. The van der Waals surface area contributed by atoms with Crippen molar-refractivity contribution in [1.29, 1.82) is 0 Å². The second-order valence-electron chi connectivity index (χ2n) is 10.8. The molecule has 6 rings (SSSR count). The van der Waals surface area contributed by atoms with Crippen molar-refractivity contribution in [2.45, 2.75) is 38.6 Å². The number of hydrogen-bond donors (Lipinski definition) is 2. The van der Waals surface area contributed by atoms with Crippen molar-refractivity contribution in [3.05, 3.63) is 69.5 Å². The summed E-state index contributed by atoms with van der Waals surface area (Å²) in [6.45, 7) is 4.74. The van der Waals surface area contributed by atoms with Gasteiger partial charge in [-0.2, -0.15) is 0 Å². The Bertz CT molecular complexity index is 1530. The molecule has 10 heteroatoms. The minimum Gasteiger partial charge on any atom is -0.364 e. The van der Waals surface area contributed by atoms with Gasteiger partial charge in [0, 0.05) is 53.5 Å². The van der Waals surface area contributed by atoms with Crippen LogP contribution in [0.25, 0.3) is 22.2 Å². The molecule has 0 amide bonds. The number of hydrogen-bond acceptors (Lipinski definition) is 7. The van der Waals surface area contributed by atoms with Crippen molar-refractivity contribution >= 4 is 45.5 Å². The van der Waals surface area contributed by atoms with E-state index in [9.17, 15) is 10.1 Å². The molecule has 4 aromatic rings. The molecule has 2 aliphatic rings. The van der Waals surface area contributed by atoms with E-state index in [1.165, 1.54) is 19.3 Å². The third kappa shape index (κ3) is 5.29. The molecular formula is C29H32ClN7O2. The van der Waals surface area contributed by atoms with Crippen LogP contribution in [0.15, 0.2) is 48.8 Å². The molecule has 1 saturated heterocycles. The fraction of sp³-hybridized carbons (Fsp3) is 0.379. The molecule has 39 heavy (non-hydrogen) atoms. The Morgan fingerprint density at radius 1 is 1.26 bits per heavy atom. The van der Waals surface area contributed by atoms with Gasteiger partial charge in [-0.1, -0.05) is 42.6 Å². The van der Waals surface area contributed by atoms with Crippen LogP contribution in [0.3, 0.4) is 0 Å². The van der Waals surface area contributed by atoms with E-state index in [-0.39, 0.29) is 10.6 Å². The van der Waals surface area contributed by atoms with Crippen LogP contribution < -0.4 is 10.2 Å². The number of aryl methyl sites for hydroxylation is 1. The molecule has 1 atom stereocenters. The molecule has 1 aliphatic heterocycles. The molecule has 3 heterocycles. The van der Waals surface area contributed by atoms with E-state index in [4.69, 9.17) is 11.6 Å². The molecule has 202 valence electrons. The van der Waals surface area contributed by atoms with Gasteiger partial charge in [-0.15, -0.1) is 0 Å². The van der Waals surface area contributed by atoms with Crippen molar-refractivity contribution in [3.8, 4) is 11.3 Å². The van der Waals surface area contributed by atoms with Gasteiger partial charge in [-0.05, 0) is 57.0 Å². The fourth-order valence-corrected chi connectivity index (χ4v) is 5.75. The van der Waals surface area contributed by atoms with Gasteiger partial charge >= 0.3 is 0 Å².